The molecule has 42 heavy (non-hydrogen) atoms. The van der Waals surface area contributed by atoms with Crippen LogP contribution >= 0.6 is 0 Å². The highest BCUT2D eigenvalue weighted by molar-refractivity contribution is 6.05. The number of methoxy groups -OCH3 is 1. The summed E-state index contributed by atoms with van der Waals surface area (Å²) in [7, 11) is 3.32. The molecule has 4 aromatic heterocycles. The number of aromatic nitrogens is 6. The zero-order valence-electron chi connectivity index (χ0n) is 23.8. The Morgan fingerprint density at radius 1 is 1.21 bits per heavy atom. The number of fused-ring (bicyclic) bond motifs is 1. The molecule has 5 rings (SSSR count). The lowest BCUT2D eigenvalue weighted by molar-refractivity contribution is -0.150. The van der Waals surface area contributed by atoms with E-state index >= 15 is 0 Å². The molecule has 1 atom stereocenters. The Balaban J connectivity index is 1.34. The van der Waals surface area contributed by atoms with Gasteiger partial charge in [0.25, 0.3) is 5.88 Å². The number of halogens is 3. The average Bonchev–Trinajstić information content (AvgIpc) is 3.53. The molecule has 1 saturated heterocycles. The number of piperazine rings is 1. The Kier molecular flexibility index (Phi) is 8.31. The number of H-pyrrole nitrogens is 1. The Morgan fingerprint density at radius 3 is 2.67 bits per heavy atom. The van der Waals surface area contributed by atoms with Gasteiger partial charge in [-0.25, -0.2) is 15.0 Å². The molecule has 1 aliphatic heterocycles. The van der Waals surface area contributed by atoms with Crippen molar-refractivity contribution in [3.8, 4) is 17.1 Å². The van der Waals surface area contributed by atoms with Crippen molar-refractivity contribution in [3.63, 3.8) is 0 Å². The van der Waals surface area contributed by atoms with E-state index in [9.17, 15) is 18.0 Å². The fourth-order valence-electron chi connectivity index (χ4n) is 5.24. The number of nitrogens with one attached hydrogen (secondary N) is 3. The van der Waals surface area contributed by atoms with Crippen molar-refractivity contribution in [2.45, 2.75) is 32.5 Å². The summed E-state index contributed by atoms with van der Waals surface area (Å²) in [4.78, 5) is 33.4. The molecule has 0 radical (unpaired) electrons. The summed E-state index contributed by atoms with van der Waals surface area (Å²) in [6, 6.07) is 1.35. The number of carbonyl (C=O) groups excluding carboxylic acids is 1. The highest BCUT2D eigenvalue weighted by Crippen LogP contribution is 2.33. The molecule has 224 valence electrons. The van der Waals surface area contributed by atoms with Gasteiger partial charge in [-0.2, -0.15) is 13.2 Å². The summed E-state index contributed by atoms with van der Waals surface area (Å²) in [5, 5.41) is 11.1. The maximum Gasteiger partial charge on any atom is 0.401 e. The molecule has 3 N–H and O–H groups in total. The Hall–Kier alpha value is -4.24. The summed E-state index contributed by atoms with van der Waals surface area (Å²) in [5.41, 5.74) is 3.59. The van der Waals surface area contributed by atoms with Gasteiger partial charge in [-0.1, -0.05) is 6.92 Å². The number of aromatic amines is 1. The van der Waals surface area contributed by atoms with Crippen molar-refractivity contribution in [3.05, 3.63) is 36.4 Å². The van der Waals surface area contributed by atoms with Crippen LogP contribution in [0.1, 0.15) is 18.9 Å². The first-order valence-electron chi connectivity index (χ1n) is 13.5. The van der Waals surface area contributed by atoms with Crippen molar-refractivity contribution in [1.29, 1.82) is 0 Å². The standard InChI is InChI=1S/C27H33F3N10O2/c1-5-20(40-10-8-39(9-11-40)15-27(28,29)30)24(41)36-23-22-17(6-7-31-23)18(13-32-22)21-16(2)12-33-26(35-21)34-19-14-38(3)37-25(19)42-4/h6-7,12-14,20,32H,5,8-11,15H2,1-4H3,(H,31,36,41)(H,33,34,35). The second-order valence-corrected chi connectivity index (χ2v) is 10.2. The van der Waals surface area contributed by atoms with Crippen LogP contribution in [0, 0.1) is 6.92 Å². The van der Waals surface area contributed by atoms with E-state index in [1.54, 1.807) is 30.3 Å². The van der Waals surface area contributed by atoms with Crippen LogP contribution in [0.3, 0.4) is 0 Å². The Morgan fingerprint density at radius 2 is 1.98 bits per heavy atom. The fourth-order valence-corrected chi connectivity index (χ4v) is 5.24. The lowest BCUT2D eigenvalue weighted by Crippen LogP contribution is -2.54. The van der Waals surface area contributed by atoms with Gasteiger partial charge in [0.15, 0.2) is 5.82 Å². The van der Waals surface area contributed by atoms with Crippen molar-refractivity contribution < 1.29 is 22.7 Å². The van der Waals surface area contributed by atoms with Gasteiger partial charge >= 0.3 is 6.18 Å². The molecule has 0 saturated carbocycles. The number of alkyl halides is 3. The number of ether oxygens (including phenoxy) is 1. The van der Waals surface area contributed by atoms with Gasteiger partial charge in [0.1, 0.15) is 5.69 Å². The number of hydrogen-bond acceptors (Lipinski definition) is 9. The summed E-state index contributed by atoms with van der Waals surface area (Å²) < 4.78 is 45.3. The van der Waals surface area contributed by atoms with Crippen molar-refractivity contribution >= 4 is 34.3 Å². The number of anilines is 3. The first kappa shape index (κ1) is 29.3. The number of amides is 1. The molecule has 0 aliphatic carbocycles. The maximum atomic E-state index is 13.4. The quantitative estimate of drug-likeness (QED) is 0.269. The van der Waals surface area contributed by atoms with E-state index in [0.717, 1.165) is 16.5 Å². The number of pyridine rings is 1. The molecule has 15 heteroatoms. The molecule has 1 fully saturated rings. The molecule has 12 nitrogen and oxygen atoms in total. The zero-order valence-corrected chi connectivity index (χ0v) is 23.8. The molecule has 1 aliphatic rings. The van der Waals surface area contributed by atoms with Gasteiger partial charge in [0, 0.05) is 62.8 Å². The summed E-state index contributed by atoms with van der Waals surface area (Å²) >= 11 is 0. The second kappa shape index (κ2) is 11.9. The molecule has 0 aromatic carbocycles. The Bertz CT molecular complexity index is 1560. The number of rotatable bonds is 9. The number of nitrogens with zero attached hydrogens (tertiary/aromatic N) is 7. The minimum atomic E-state index is -4.24. The van der Waals surface area contributed by atoms with Gasteiger partial charge < -0.3 is 20.4 Å². The molecule has 1 amide bonds. The first-order valence-corrected chi connectivity index (χ1v) is 13.5. The zero-order chi connectivity index (χ0) is 30.0. The van der Waals surface area contributed by atoms with Crippen molar-refractivity contribution in [2.24, 2.45) is 7.05 Å². The fraction of sp³-hybridized carbons (Fsp3) is 0.444. The molecule has 1 unspecified atom stereocenters. The molecular weight excluding hydrogens is 553 g/mol. The van der Waals surface area contributed by atoms with Crippen molar-refractivity contribution in [1.82, 2.24) is 39.5 Å². The average molecular weight is 587 g/mol. The number of carbonyl (C=O) groups is 1. The summed E-state index contributed by atoms with van der Waals surface area (Å²) in [6.45, 7) is 4.11. The van der Waals surface area contributed by atoms with Gasteiger partial charge in [-0.15, -0.1) is 5.10 Å². The van der Waals surface area contributed by atoms with E-state index in [1.807, 2.05) is 31.0 Å². The minimum Gasteiger partial charge on any atom is -0.478 e. The maximum absolute atomic E-state index is 13.4. The molecular formula is C27H33F3N10O2. The van der Waals surface area contributed by atoms with Crippen LogP contribution < -0.4 is 15.4 Å². The monoisotopic (exact) mass is 586 g/mol. The lowest BCUT2D eigenvalue weighted by atomic mass is 10.1. The minimum absolute atomic E-state index is 0.250. The summed E-state index contributed by atoms with van der Waals surface area (Å²) in [5.74, 6) is 0.881. The predicted molar refractivity (Wildman–Crippen MR) is 152 cm³/mol. The van der Waals surface area contributed by atoms with Crippen LogP contribution in [0.15, 0.2) is 30.9 Å². The lowest BCUT2D eigenvalue weighted by Gasteiger charge is -2.38. The van der Waals surface area contributed by atoms with Crippen LogP contribution in [0.5, 0.6) is 5.88 Å². The van der Waals surface area contributed by atoms with Crippen LogP contribution in [0.2, 0.25) is 0 Å². The SMILES string of the molecule is CCC(C(=O)Nc1nccc2c(-c3nc(Nc4cn(C)nc4OC)ncc3C)c[nH]c12)N1CCN(CC(F)(F)F)CC1. The third-order valence-corrected chi connectivity index (χ3v) is 7.25. The largest absolute Gasteiger partial charge is 0.478 e. The van der Waals surface area contributed by atoms with E-state index in [-0.39, 0.29) is 19.0 Å². The van der Waals surface area contributed by atoms with Crippen LogP contribution in [0.25, 0.3) is 22.2 Å². The topological polar surface area (TPSA) is 129 Å². The van der Waals surface area contributed by atoms with E-state index in [2.05, 4.69) is 30.7 Å². The van der Waals surface area contributed by atoms with Crippen LogP contribution in [-0.4, -0.2) is 97.5 Å². The van der Waals surface area contributed by atoms with E-state index in [0.29, 0.717) is 54.1 Å². The smallest absolute Gasteiger partial charge is 0.401 e. The van der Waals surface area contributed by atoms with Crippen LogP contribution in [0.4, 0.5) is 30.6 Å². The summed E-state index contributed by atoms with van der Waals surface area (Å²) in [6.07, 6.45) is 3.18. The third kappa shape index (κ3) is 6.31. The van der Waals surface area contributed by atoms with E-state index < -0.39 is 18.8 Å². The number of aryl methyl sites for hydroxylation is 2. The molecule has 5 heterocycles. The van der Waals surface area contributed by atoms with Crippen molar-refractivity contribution in [2.75, 3.05) is 50.5 Å². The van der Waals surface area contributed by atoms with Gasteiger partial charge in [0.2, 0.25) is 11.9 Å². The van der Waals surface area contributed by atoms with Gasteiger partial charge in [-0.05, 0) is 25.0 Å². The highest BCUT2D eigenvalue weighted by atomic mass is 19.4. The number of hydrogen-bond donors (Lipinski definition) is 3. The molecule has 0 spiro atoms. The third-order valence-electron chi connectivity index (χ3n) is 7.25. The predicted octanol–water partition coefficient (Wildman–Crippen LogP) is 3.71. The van der Waals surface area contributed by atoms with Gasteiger partial charge in [0.05, 0.1) is 37.1 Å². The van der Waals surface area contributed by atoms with E-state index in [1.165, 1.54) is 12.0 Å². The molecule has 4 aromatic rings. The van der Waals surface area contributed by atoms with Gasteiger partial charge in [-0.3, -0.25) is 19.3 Å². The highest BCUT2D eigenvalue weighted by Gasteiger charge is 2.34. The Labute approximate surface area is 240 Å². The normalized spacial score (nSPS) is 15.6. The molecule has 0 bridgehead atoms. The van der Waals surface area contributed by atoms with Crippen LogP contribution in [-0.2, 0) is 11.8 Å². The first-order chi connectivity index (χ1) is 20.1. The van der Waals surface area contributed by atoms with E-state index in [4.69, 9.17) is 9.72 Å². The second-order valence-electron chi connectivity index (χ2n) is 10.2.